The van der Waals surface area contributed by atoms with Gasteiger partial charge in [-0.05, 0) is 47.7 Å². The van der Waals surface area contributed by atoms with E-state index in [-0.39, 0.29) is 31.6 Å². The Balaban J connectivity index is 1.62. The maximum Gasteiger partial charge on any atom is 0.416 e. The zero-order valence-electron chi connectivity index (χ0n) is 23.6. The maximum absolute atomic E-state index is 13.7. The van der Waals surface area contributed by atoms with Gasteiger partial charge in [0, 0.05) is 42.3 Å². The maximum atomic E-state index is 13.7. The first-order valence-electron chi connectivity index (χ1n) is 13.7. The van der Waals surface area contributed by atoms with Gasteiger partial charge in [-0.15, -0.1) is 0 Å². The molecule has 0 bridgehead atoms. The van der Waals surface area contributed by atoms with Gasteiger partial charge in [-0.3, -0.25) is 9.59 Å². The number of carbonyl (C=O) groups is 2. The van der Waals surface area contributed by atoms with Gasteiger partial charge in [-0.25, -0.2) is 0 Å². The van der Waals surface area contributed by atoms with Crippen LogP contribution >= 0.6 is 0 Å². The lowest BCUT2D eigenvalue weighted by Gasteiger charge is -2.29. The average molecular weight is 604 g/mol. The summed E-state index contributed by atoms with van der Waals surface area (Å²) in [7, 11) is 0. The van der Waals surface area contributed by atoms with Gasteiger partial charge in [0.05, 0.1) is 11.1 Å². The molecular weight excluding hydrogens is 572 g/mol. The van der Waals surface area contributed by atoms with Crippen molar-refractivity contribution in [2.75, 3.05) is 19.6 Å². The van der Waals surface area contributed by atoms with E-state index < -0.39 is 47.4 Å². The zero-order valence-corrected chi connectivity index (χ0v) is 23.6. The van der Waals surface area contributed by atoms with Crippen molar-refractivity contribution in [1.29, 1.82) is 0 Å². The fourth-order valence-electron chi connectivity index (χ4n) is 4.87. The number of alkyl halides is 6. The number of halogens is 6. The molecule has 4 rings (SSSR count). The van der Waals surface area contributed by atoms with E-state index in [9.17, 15) is 35.9 Å². The van der Waals surface area contributed by atoms with Gasteiger partial charge in [0.1, 0.15) is 6.54 Å². The summed E-state index contributed by atoms with van der Waals surface area (Å²) in [6.07, 6.45) is -7.88. The number of nitrogens with zero attached hydrogens (tertiary/aromatic N) is 2. The molecule has 0 aliphatic heterocycles. The number of carbonyl (C=O) groups excluding carboxylic acids is 2. The van der Waals surface area contributed by atoms with Crippen LogP contribution in [0.4, 0.5) is 26.3 Å². The number of rotatable bonds is 10. The van der Waals surface area contributed by atoms with Gasteiger partial charge >= 0.3 is 12.4 Å². The van der Waals surface area contributed by atoms with Gasteiger partial charge < -0.3 is 14.8 Å². The molecule has 1 N–H and O–H groups in total. The van der Waals surface area contributed by atoms with Crippen LogP contribution in [-0.2, 0) is 30.1 Å². The van der Waals surface area contributed by atoms with Gasteiger partial charge in [-0.2, -0.15) is 26.3 Å². The van der Waals surface area contributed by atoms with Crippen LogP contribution in [0, 0.1) is 5.92 Å². The van der Waals surface area contributed by atoms with Crippen LogP contribution < -0.4 is 0 Å². The Hall–Kier alpha value is -4.28. The van der Waals surface area contributed by atoms with Crippen LogP contribution in [0.1, 0.15) is 46.5 Å². The van der Waals surface area contributed by atoms with Gasteiger partial charge in [0.25, 0.3) is 5.91 Å². The molecule has 2 amide bonds. The average Bonchev–Trinajstić information content (AvgIpc) is 3.36. The van der Waals surface area contributed by atoms with Crippen molar-refractivity contribution in [3.8, 4) is 0 Å². The summed E-state index contributed by atoms with van der Waals surface area (Å²) in [5.74, 6) is -1.80. The Morgan fingerprint density at radius 1 is 0.814 bits per heavy atom. The number of hydrogen-bond donors (Lipinski definition) is 1. The van der Waals surface area contributed by atoms with E-state index in [4.69, 9.17) is 0 Å². The molecular formula is C32H31F6N3O2. The molecule has 11 heteroatoms. The molecule has 0 aliphatic rings. The summed E-state index contributed by atoms with van der Waals surface area (Å²) in [5.41, 5.74) is -1.24. The molecule has 0 saturated heterocycles. The smallest absolute Gasteiger partial charge is 0.361 e. The number of aromatic amines is 1. The lowest BCUT2D eigenvalue weighted by Crippen LogP contribution is -2.44. The highest BCUT2D eigenvalue weighted by atomic mass is 19.4. The number of hydrogen-bond acceptors (Lipinski definition) is 2. The fraction of sp³-hybridized carbons (Fsp3) is 0.312. The van der Waals surface area contributed by atoms with Crippen molar-refractivity contribution in [1.82, 2.24) is 14.8 Å². The van der Waals surface area contributed by atoms with Crippen LogP contribution in [0.25, 0.3) is 10.9 Å². The van der Waals surface area contributed by atoms with E-state index in [0.29, 0.717) is 18.6 Å². The van der Waals surface area contributed by atoms with E-state index in [1.807, 2.05) is 60.8 Å². The number of H-pyrrole nitrogens is 1. The third-order valence-electron chi connectivity index (χ3n) is 6.93. The first-order chi connectivity index (χ1) is 20.2. The van der Waals surface area contributed by atoms with E-state index in [0.717, 1.165) is 26.9 Å². The van der Waals surface area contributed by atoms with Gasteiger partial charge in [-0.1, -0.05) is 62.4 Å². The highest BCUT2D eigenvalue weighted by Crippen LogP contribution is 2.36. The number of amides is 2. The van der Waals surface area contributed by atoms with Crippen LogP contribution in [0.15, 0.2) is 79.0 Å². The van der Waals surface area contributed by atoms with E-state index in [1.54, 1.807) is 18.7 Å². The summed E-state index contributed by atoms with van der Waals surface area (Å²) in [4.78, 5) is 32.9. The topological polar surface area (TPSA) is 56.4 Å². The Bertz CT molecular complexity index is 1530. The van der Waals surface area contributed by atoms with Crippen LogP contribution in [0.2, 0.25) is 0 Å². The molecule has 5 nitrogen and oxygen atoms in total. The molecule has 228 valence electrons. The zero-order chi connectivity index (χ0) is 31.4. The number of fused-ring (bicyclic) bond motifs is 1. The minimum Gasteiger partial charge on any atom is -0.361 e. The van der Waals surface area contributed by atoms with Gasteiger partial charge in [0.2, 0.25) is 5.91 Å². The highest BCUT2D eigenvalue weighted by molar-refractivity contribution is 5.97. The molecule has 0 fully saturated rings. The minimum absolute atomic E-state index is 0.0268. The molecule has 3 aromatic carbocycles. The largest absolute Gasteiger partial charge is 0.416 e. The predicted molar refractivity (Wildman–Crippen MR) is 151 cm³/mol. The number of benzene rings is 3. The lowest BCUT2D eigenvalue weighted by molar-refractivity contribution is -0.143. The third kappa shape index (κ3) is 8.18. The van der Waals surface area contributed by atoms with Crippen molar-refractivity contribution in [3.63, 3.8) is 0 Å². The van der Waals surface area contributed by atoms with E-state index >= 15 is 0 Å². The summed E-state index contributed by atoms with van der Waals surface area (Å²) >= 11 is 0. The molecule has 43 heavy (non-hydrogen) atoms. The Labute approximate surface area is 245 Å². The van der Waals surface area contributed by atoms with E-state index in [2.05, 4.69) is 4.98 Å². The van der Waals surface area contributed by atoms with Crippen LogP contribution in [0.5, 0.6) is 0 Å². The summed E-state index contributed by atoms with van der Waals surface area (Å²) in [6, 6.07) is 17.6. The second-order valence-electron chi connectivity index (χ2n) is 10.8. The summed E-state index contributed by atoms with van der Waals surface area (Å²) < 4.78 is 80.9. The standard InChI is InChI=1S/C32H31F6N3O2/c1-21(2)18-41(30(43)24-14-25(31(33,34)35)16-26(15-24)32(36,37)38)20-29(42)40(19-22-8-4-3-5-9-22)13-12-23-17-39-28-11-7-6-10-27(23)28/h3-11,14-17,21,39H,12-13,18-20H2,1-2H3. The number of aromatic nitrogens is 1. The Morgan fingerprint density at radius 2 is 1.42 bits per heavy atom. The lowest BCUT2D eigenvalue weighted by atomic mass is 10.0. The van der Waals surface area contributed by atoms with Crippen molar-refractivity contribution in [3.05, 3.63) is 107 Å². The Morgan fingerprint density at radius 3 is 2.02 bits per heavy atom. The molecule has 0 radical (unpaired) electrons. The monoisotopic (exact) mass is 603 g/mol. The van der Waals surface area contributed by atoms with Crippen molar-refractivity contribution in [2.45, 2.75) is 39.2 Å². The predicted octanol–water partition coefficient (Wildman–Crippen LogP) is 7.58. The molecule has 0 unspecified atom stereocenters. The number of nitrogens with one attached hydrogen (secondary N) is 1. The summed E-state index contributed by atoms with van der Waals surface area (Å²) in [5, 5.41) is 0.997. The number of para-hydroxylation sites is 1. The molecule has 0 aliphatic carbocycles. The van der Waals surface area contributed by atoms with Crippen molar-refractivity contribution in [2.24, 2.45) is 5.92 Å². The molecule has 0 spiro atoms. The quantitative estimate of drug-likeness (QED) is 0.190. The molecule has 1 heterocycles. The Kier molecular flexibility index (Phi) is 9.52. The molecule has 0 atom stereocenters. The van der Waals surface area contributed by atoms with Crippen molar-refractivity contribution >= 4 is 22.7 Å². The SMILES string of the molecule is CC(C)CN(CC(=O)N(CCc1c[nH]c2ccccc12)Cc1ccccc1)C(=O)c1cc(C(F)(F)F)cc(C(F)(F)F)c1. The summed E-state index contributed by atoms with van der Waals surface area (Å²) in [6.45, 7) is 3.36. The van der Waals surface area contributed by atoms with E-state index in [1.165, 1.54) is 0 Å². The third-order valence-corrected chi connectivity index (χ3v) is 6.93. The fourth-order valence-corrected chi connectivity index (χ4v) is 4.87. The molecule has 0 saturated carbocycles. The van der Waals surface area contributed by atoms with Crippen LogP contribution in [-0.4, -0.2) is 46.2 Å². The molecule has 1 aromatic heterocycles. The second-order valence-corrected chi connectivity index (χ2v) is 10.8. The minimum atomic E-state index is -5.11. The van der Waals surface area contributed by atoms with Gasteiger partial charge in [0.15, 0.2) is 0 Å². The molecule has 4 aromatic rings. The van der Waals surface area contributed by atoms with Crippen LogP contribution in [0.3, 0.4) is 0 Å². The van der Waals surface area contributed by atoms with Crippen molar-refractivity contribution < 1.29 is 35.9 Å². The normalized spacial score (nSPS) is 12.1. The second kappa shape index (κ2) is 12.9. The first kappa shape index (κ1) is 31.7. The first-order valence-corrected chi connectivity index (χ1v) is 13.7. The highest BCUT2D eigenvalue weighted by Gasteiger charge is 2.38.